The third-order valence-electron chi connectivity index (χ3n) is 7.13. The zero-order valence-electron chi connectivity index (χ0n) is 17.9. The highest BCUT2D eigenvalue weighted by Gasteiger charge is 2.41. The Hall–Kier alpha value is -1.59. The van der Waals surface area contributed by atoms with Crippen LogP contribution < -0.4 is 4.74 Å². The van der Waals surface area contributed by atoms with Gasteiger partial charge >= 0.3 is 0 Å². The Kier molecular flexibility index (Phi) is 6.76. The molecule has 5 heteroatoms. The maximum Gasteiger partial charge on any atom is 0.222 e. The zero-order valence-corrected chi connectivity index (χ0v) is 17.9. The number of para-hydroxylation sites is 1. The first-order valence-electron chi connectivity index (χ1n) is 11.5. The van der Waals surface area contributed by atoms with Crippen molar-refractivity contribution in [3.05, 3.63) is 29.8 Å². The maximum absolute atomic E-state index is 12.4. The first kappa shape index (κ1) is 20.7. The van der Waals surface area contributed by atoms with Gasteiger partial charge in [0.05, 0.1) is 6.10 Å². The van der Waals surface area contributed by atoms with E-state index in [0.717, 1.165) is 77.4 Å². The predicted molar refractivity (Wildman–Crippen MR) is 114 cm³/mol. The third-order valence-corrected chi connectivity index (χ3v) is 7.13. The molecule has 1 spiro atoms. The molecule has 29 heavy (non-hydrogen) atoms. The van der Waals surface area contributed by atoms with Crippen LogP contribution in [0.3, 0.4) is 0 Å². The lowest BCUT2D eigenvalue weighted by Gasteiger charge is -2.47. The Balaban J connectivity index is 1.23. The minimum Gasteiger partial charge on any atom is -0.492 e. The second kappa shape index (κ2) is 9.48. The number of amides is 1. The number of aryl methyl sites for hydroxylation is 1. The van der Waals surface area contributed by atoms with E-state index in [1.165, 1.54) is 18.4 Å². The van der Waals surface area contributed by atoms with E-state index in [1.807, 2.05) is 6.07 Å². The average molecular weight is 401 g/mol. The number of likely N-dealkylation sites (tertiary alicyclic amines) is 2. The Labute approximate surface area is 175 Å². The molecule has 1 amide bonds. The molecule has 4 rings (SSSR count). The molecule has 0 N–H and O–H groups in total. The van der Waals surface area contributed by atoms with Crippen molar-refractivity contribution >= 4 is 5.91 Å². The van der Waals surface area contributed by atoms with Gasteiger partial charge in [-0.25, -0.2) is 0 Å². The molecule has 1 aromatic carbocycles. The summed E-state index contributed by atoms with van der Waals surface area (Å²) in [5.41, 5.74) is 1.60. The molecule has 1 unspecified atom stereocenters. The number of nitrogens with zero attached hydrogens (tertiary/aromatic N) is 2. The standard InChI is InChI=1S/C24H36N2O3/c1-2-20-6-3-4-8-22(20)29-17-15-25-13-11-24(12-14-25)10-9-23(27)26(19-24)18-21-7-5-16-28-21/h3-4,6,8,21H,2,5,7,9-19H2,1H3. The van der Waals surface area contributed by atoms with E-state index >= 15 is 0 Å². The van der Waals surface area contributed by atoms with E-state index in [1.54, 1.807) is 0 Å². The molecule has 0 radical (unpaired) electrons. The molecule has 3 aliphatic rings. The molecule has 0 aromatic heterocycles. The number of rotatable bonds is 7. The summed E-state index contributed by atoms with van der Waals surface area (Å²) < 4.78 is 11.8. The van der Waals surface area contributed by atoms with Gasteiger partial charge in [-0.05, 0) is 68.7 Å². The van der Waals surface area contributed by atoms with Crippen molar-refractivity contribution in [1.82, 2.24) is 9.80 Å². The summed E-state index contributed by atoms with van der Waals surface area (Å²) >= 11 is 0. The molecule has 0 aliphatic carbocycles. The summed E-state index contributed by atoms with van der Waals surface area (Å²) in [5, 5.41) is 0. The van der Waals surface area contributed by atoms with Gasteiger partial charge in [-0.1, -0.05) is 25.1 Å². The first-order valence-corrected chi connectivity index (χ1v) is 11.5. The van der Waals surface area contributed by atoms with Gasteiger partial charge < -0.3 is 14.4 Å². The number of hydrogen-bond donors (Lipinski definition) is 0. The lowest BCUT2D eigenvalue weighted by Crippen LogP contribution is -2.53. The molecule has 0 saturated carbocycles. The summed E-state index contributed by atoms with van der Waals surface area (Å²) in [6, 6.07) is 8.34. The topological polar surface area (TPSA) is 42.0 Å². The number of ether oxygens (including phenoxy) is 2. The van der Waals surface area contributed by atoms with E-state index in [0.29, 0.717) is 17.7 Å². The van der Waals surface area contributed by atoms with Crippen LogP contribution in [0.5, 0.6) is 5.75 Å². The minimum absolute atomic E-state index is 0.261. The van der Waals surface area contributed by atoms with Crippen molar-refractivity contribution in [3.63, 3.8) is 0 Å². The van der Waals surface area contributed by atoms with E-state index in [-0.39, 0.29) is 6.10 Å². The molecular formula is C24H36N2O3. The Bertz CT molecular complexity index is 678. The maximum atomic E-state index is 12.4. The second-order valence-electron chi connectivity index (χ2n) is 9.06. The van der Waals surface area contributed by atoms with Gasteiger partial charge in [0, 0.05) is 32.7 Å². The normalized spacial score (nSPS) is 24.9. The van der Waals surface area contributed by atoms with E-state index < -0.39 is 0 Å². The van der Waals surface area contributed by atoms with Gasteiger partial charge in [0.2, 0.25) is 5.91 Å². The molecule has 3 heterocycles. The van der Waals surface area contributed by atoms with Crippen LogP contribution in [0.2, 0.25) is 0 Å². The largest absolute Gasteiger partial charge is 0.492 e. The third kappa shape index (κ3) is 5.13. The quantitative estimate of drug-likeness (QED) is 0.702. The van der Waals surface area contributed by atoms with Gasteiger partial charge in [-0.3, -0.25) is 9.69 Å². The number of hydrogen-bond acceptors (Lipinski definition) is 4. The van der Waals surface area contributed by atoms with Gasteiger partial charge in [0.25, 0.3) is 0 Å². The summed E-state index contributed by atoms with van der Waals surface area (Å²) in [5.74, 6) is 1.36. The van der Waals surface area contributed by atoms with Crippen molar-refractivity contribution < 1.29 is 14.3 Å². The number of carbonyl (C=O) groups is 1. The smallest absolute Gasteiger partial charge is 0.222 e. The van der Waals surface area contributed by atoms with Crippen LogP contribution in [-0.4, -0.2) is 67.7 Å². The van der Waals surface area contributed by atoms with Crippen molar-refractivity contribution in [2.24, 2.45) is 5.41 Å². The highest BCUT2D eigenvalue weighted by Crippen LogP contribution is 2.40. The van der Waals surface area contributed by atoms with Crippen molar-refractivity contribution in [2.75, 3.05) is 45.9 Å². The fourth-order valence-corrected chi connectivity index (χ4v) is 5.18. The van der Waals surface area contributed by atoms with Crippen molar-refractivity contribution in [3.8, 4) is 5.75 Å². The molecule has 3 aliphatic heterocycles. The molecule has 0 bridgehead atoms. The van der Waals surface area contributed by atoms with E-state index in [4.69, 9.17) is 9.47 Å². The molecule has 5 nitrogen and oxygen atoms in total. The average Bonchev–Trinajstić information content (AvgIpc) is 3.26. The Morgan fingerprint density at radius 1 is 1.21 bits per heavy atom. The van der Waals surface area contributed by atoms with Crippen LogP contribution in [0.25, 0.3) is 0 Å². The van der Waals surface area contributed by atoms with Crippen LogP contribution >= 0.6 is 0 Å². The fourth-order valence-electron chi connectivity index (χ4n) is 5.18. The number of piperidine rings is 2. The van der Waals surface area contributed by atoms with Crippen LogP contribution in [-0.2, 0) is 16.0 Å². The Morgan fingerprint density at radius 3 is 2.79 bits per heavy atom. The van der Waals surface area contributed by atoms with Gasteiger partial charge in [-0.2, -0.15) is 0 Å². The predicted octanol–water partition coefficient (Wildman–Crippen LogP) is 3.51. The molecule has 160 valence electrons. The molecular weight excluding hydrogens is 364 g/mol. The molecule has 3 fully saturated rings. The highest BCUT2D eigenvalue weighted by molar-refractivity contribution is 5.77. The first-order chi connectivity index (χ1) is 14.2. The van der Waals surface area contributed by atoms with Crippen LogP contribution in [0.1, 0.15) is 51.0 Å². The minimum atomic E-state index is 0.261. The van der Waals surface area contributed by atoms with Gasteiger partial charge in [0.15, 0.2) is 0 Å². The fraction of sp³-hybridized carbons (Fsp3) is 0.708. The van der Waals surface area contributed by atoms with Crippen LogP contribution in [0.15, 0.2) is 24.3 Å². The van der Waals surface area contributed by atoms with Gasteiger partial charge in [-0.15, -0.1) is 0 Å². The van der Waals surface area contributed by atoms with Crippen LogP contribution in [0, 0.1) is 5.41 Å². The lowest BCUT2D eigenvalue weighted by atomic mass is 9.72. The van der Waals surface area contributed by atoms with E-state index in [9.17, 15) is 4.79 Å². The highest BCUT2D eigenvalue weighted by atomic mass is 16.5. The zero-order chi connectivity index (χ0) is 20.1. The summed E-state index contributed by atoms with van der Waals surface area (Å²) in [6.45, 7) is 8.71. The van der Waals surface area contributed by atoms with Crippen molar-refractivity contribution in [1.29, 1.82) is 0 Å². The SMILES string of the molecule is CCc1ccccc1OCCN1CCC2(CCC(=O)N(CC3CCCO3)C2)CC1. The number of benzene rings is 1. The summed E-state index contributed by atoms with van der Waals surface area (Å²) in [7, 11) is 0. The van der Waals surface area contributed by atoms with Crippen molar-refractivity contribution in [2.45, 2.75) is 58.0 Å². The van der Waals surface area contributed by atoms with E-state index in [2.05, 4.69) is 34.9 Å². The summed E-state index contributed by atoms with van der Waals surface area (Å²) in [6.07, 6.45) is 7.65. The lowest BCUT2D eigenvalue weighted by molar-refractivity contribution is -0.141. The molecule has 1 atom stereocenters. The van der Waals surface area contributed by atoms with Gasteiger partial charge in [0.1, 0.15) is 12.4 Å². The Morgan fingerprint density at radius 2 is 2.03 bits per heavy atom. The summed E-state index contributed by atoms with van der Waals surface area (Å²) in [4.78, 5) is 17.1. The monoisotopic (exact) mass is 400 g/mol. The second-order valence-corrected chi connectivity index (χ2v) is 9.06. The molecule has 3 saturated heterocycles. The van der Waals surface area contributed by atoms with Crippen LogP contribution in [0.4, 0.5) is 0 Å². The number of carbonyl (C=O) groups excluding carboxylic acids is 1. The molecule has 1 aromatic rings.